The van der Waals surface area contributed by atoms with Gasteiger partial charge in [0.15, 0.2) is 0 Å². The maximum atomic E-state index is 13.8. The van der Waals surface area contributed by atoms with Crippen LogP contribution in [0.15, 0.2) is 78.9 Å². The van der Waals surface area contributed by atoms with Crippen molar-refractivity contribution in [1.82, 2.24) is 4.90 Å². The molecule has 0 saturated heterocycles. The molecule has 0 saturated carbocycles. The lowest BCUT2D eigenvalue weighted by molar-refractivity contribution is -0.117. The van der Waals surface area contributed by atoms with Gasteiger partial charge in [-0.05, 0) is 23.3 Å². The highest BCUT2D eigenvalue weighted by atomic mass is 19.1. The van der Waals surface area contributed by atoms with Crippen molar-refractivity contribution in [2.24, 2.45) is 0 Å². The Morgan fingerprint density at radius 1 is 0.815 bits per heavy atom. The van der Waals surface area contributed by atoms with E-state index in [0.29, 0.717) is 13.1 Å². The molecule has 0 spiro atoms. The fraction of sp³-hybridized carbons (Fsp3) is 0.136. The average molecular weight is 366 g/mol. The van der Waals surface area contributed by atoms with Crippen LogP contribution in [0.1, 0.15) is 11.1 Å². The van der Waals surface area contributed by atoms with Crippen molar-refractivity contribution >= 4 is 11.6 Å². The van der Waals surface area contributed by atoms with E-state index in [1.807, 2.05) is 65.6 Å². The van der Waals surface area contributed by atoms with Gasteiger partial charge < -0.3 is 5.32 Å². The van der Waals surface area contributed by atoms with Crippen LogP contribution in [-0.2, 0) is 17.9 Å². The van der Waals surface area contributed by atoms with Gasteiger partial charge in [-0.15, -0.1) is 0 Å². The number of nitrogens with zero attached hydrogens (tertiary/aromatic N) is 1. The molecule has 0 aliphatic heterocycles. The van der Waals surface area contributed by atoms with Crippen molar-refractivity contribution in [2.45, 2.75) is 13.1 Å². The first-order chi connectivity index (χ1) is 13.1. The third kappa shape index (κ3) is 5.72. The largest absolute Gasteiger partial charge is 0.322 e. The van der Waals surface area contributed by atoms with Crippen molar-refractivity contribution in [2.75, 3.05) is 11.9 Å². The minimum Gasteiger partial charge on any atom is -0.322 e. The molecule has 0 unspecified atom stereocenters. The molecular weight excluding hydrogens is 346 g/mol. The van der Waals surface area contributed by atoms with Gasteiger partial charge in [-0.3, -0.25) is 9.69 Å². The molecule has 1 N–H and O–H groups in total. The summed E-state index contributed by atoms with van der Waals surface area (Å²) in [6.07, 6.45) is 0. The van der Waals surface area contributed by atoms with Gasteiger partial charge in [0.2, 0.25) is 5.91 Å². The Bertz CT molecular complexity index is 844. The smallest absolute Gasteiger partial charge is 0.238 e. The van der Waals surface area contributed by atoms with E-state index in [4.69, 9.17) is 0 Å². The van der Waals surface area contributed by atoms with E-state index >= 15 is 0 Å². The monoisotopic (exact) mass is 366 g/mol. The Hall–Kier alpha value is -3.05. The lowest BCUT2D eigenvalue weighted by atomic mass is 10.1. The van der Waals surface area contributed by atoms with Crippen LogP contribution in [-0.4, -0.2) is 17.4 Å². The number of hydrogen-bond acceptors (Lipinski definition) is 2. The van der Waals surface area contributed by atoms with E-state index in [1.54, 1.807) is 0 Å². The van der Waals surface area contributed by atoms with Crippen molar-refractivity contribution in [3.63, 3.8) is 0 Å². The minimum atomic E-state index is -0.664. The van der Waals surface area contributed by atoms with E-state index in [9.17, 15) is 13.6 Å². The second kappa shape index (κ2) is 9.05. The number of rotatable bonds is 7. The van der Waals surface area contributed by atoms with Gasteiger partial charge in [-0.2, -0.15) is 0 Å². The molecule has 27 heavy (non-hydrogen) atoms. The van der Waals surface area contributed by atoms with Crippen molar-refractivity contribution < 1.29 is 13.6 Å². The zero-order chi connectivity index (χ0) is 19.1. The summed E-state index contributed by atoms with van der Waals surface area (Å²) in [5.41, 5.74) is 1.98. The number of benzene rings is 3. The van der Waals surface area contributed by atoms with Crippen LogP contribution in [0, 0.1) is 11.6 Å². The first-order valence-electron chi connectivity index (χ1n) is 8.65. The molecule has 3 rings (SSSR count). The van der Waals surface area contributed by atoms with Gasteiger partial charge in [0.1, 0.15) is 11.6 Å². The Morgan fingerprint density at radius 3 is 1.93 bits per heavy atom. The number of halogens is 2. The summed E-state index contributed by atoms with van der Waals surface area (Å²) in [6, 6.07) is 22.6. The second-order valence-corrected chi connectivity index (χ2v) is 6.29. The van der Waals surface area contributed by atoms with Gasteiger partial charge in [-0.1, -0.05) is 60.7 Å². The summed E-state index contributed by atoms with van der Waals surface area (Å²) in [6.45, 7) is 1.18. The molecule has 3 aromatic carbocycles. The number of hydrogen-bond donors (Lipinski definition) is 1. The maximum Gasteiger partial charge on any atom is 0.238 e. The summed E-state index contributed by atoms with van der Waals surface area (Å²) < 4.78 is 27.1. The number of anilines is 1. The van der Waals surface area contributed by atoms with Crippen LogP contribution >= 0.6 is 0 Å². The molecule has 0 aliphatic carbocycles. The van der Waals surface area contributed by atoms with E-state index in [-0.39, 0.29) is 12.2 Å². The molecule has 0 heterocycles. The number of carbonyl (C=O) groups excluding carboxylic acids is 1. The van der Waals surface area contributed by atoms with Crippen molar-refractivity contribution in [3.05, 3.63) is 102 Å². The fourth-order valence-corrected chi connectivity index (χ4v) is 2.84. The zero-order valence-electron chi connectivity index (χ0n) is 14.7. The maximum absolute atomic E-state index is 13.8. The summed E-state index contributed by atoms with van der Waals surface area (Å²) in [7, 11) is 0. The first-order valence-corrected chi connectivity index (χ1v) is 8.65. The topological polar surface area (TPSA) is 32.3 Å². The predicted molar refractivity (Wildman–Crippen MR) is 102 cm³/mol. The third-order valence-corrected chi connectivity index (χ3v) is 4.07. The van der Waals surface area contributed by atoms with Gasteiger partial charge in [0.25, 0.3) is 0 Å². The number of carbonyl (C=O) groups is 1. The molecule has 3 aromatic rings. The summed E-state index contributed by atoms with van der Waals surface area (Å²) in [5, 5.41) is 2.46. The molecule has 5 heteroatoms. The van der Waals surface area contributed by atoms with Crippen LogP contribution < -0.4 is 5.32 Å². The minimum absolute atomic E-state index is 0.0553. The van der Waals surface area contributed by atoms with Crippen LogP contribution in [0.5, 0.6) is 0 Å². The van der Waals surface area contributed by atoms with E-state index in [2.05, 4.69) is 5.32 Å². The molecule has 0 aliphatic rings. The number of amides is 1. The van der Waals surface area contributed by atoms with Gasteiger partial charge in [0, 0.05) is 19.2 Å². The quantitative estimate of drug-likeness (QED) is 0.662. The molecular formula is C22H20F2N2O. The number of nitrogens with one attached hydrogen (secondary N) is 1. The van der Waals surface area contributed by atoms with E-state index in [1.165, 1.54) is 0 Å². The molecule has 0 radical (unpaired) electrons. The highest BCUT2D eigenvalue weighted by molar-refractivity contribution is 5.92. The van der Waals surface area contributed by atoms with Crippen LogP contribution in [0.4, 0.5) is 14.5 Å². The molecule has 0 aromatic heterocycles. The lowest BCUT2D eigenvalue weighted by Crippen LogP contribution is -2.32. The molecule has 1 amide bonds. The van der Waals surface area contributed by atoms with Gasteiger partial charge >= 0.3 is 0 Å². The van der Waals surface area contributed by atoms with E-state index in [0.717, 1.165) is 29.3 Å². The van der Waals surface area contributed by atoms with Gasteiger partial charge in [-0.25, -0.2) is 8.78 Å². The molecule has 0 bridgehead atoms. The molecule has 0 atom stereocenters. The summed E-state index contributed by atoms with van der Waals surface area (Å²) >= 11 is 0. The molecule has 0 fully saturated rings. The lowest BCUT2D eigenvalue weighted by Gasteiger charge is -2.22. The van der Waals surface area contributed by atoms with Crippen molar-refractivity contribution in [1.29, 1.82) is 0 Å². The Labute approximate surface area is 157 Å². The SMILES string of the molecule is O=C(CN(Cc1ccccc1)Cc1ccccc1)Nc1cc(F)ccc1F. The normalized spacial score (nSPS) is 10.8. The van der Waals surface area contributed by atoms with Crippen LogP contribution in [0.2, 0.25) is 0 Å². The Balaban J connectivity index is 1.71. The second-order valence-electron chi connectivity index (χ2n) is 6.29. The summed E-state index contributed by atoms with van der Waals surface area (Å²) in [5.74, 6) is -1.66. The van der Waals surface area contributed by atoms with Crippen LogP contribution in [0.3, 0.4) is 0 Å². The third-order valence-electron chi connectivity index (χ3n) is 4.07. The highest BCUT2D eigenvalue weighted by Gasteiger charge is 2.14. The molecule has 3 nitrogen and oxygen atoms in total. The molecule has 138 valence electrons. The average Bonchev–Trinajstić information content (AvgIpc) is 2.66. The van der Waals surface area contributed by atoms with Gasteiger partial charge in [0.05, 0.1) is 12.2 Å². The zero-order valence-corrected chi connectivity index (χ0v) is 14.7. The first kappa shape index (κ1) is 18.7. The van der Waals surface area contributed by atoms with Crippen molar-refractivity contribution in [3.8, 4) is 0 Å². The predicted octanol–water partition coefficient (Wildman–Crippen LogP) is 4.61. The standard InChI is InChI=1S/C22H20F2N2O/c23-19-11-12-20(24)21(13-19)25-22(27)16-26(14-17-7-3-1-4-8-17)15-18-9-5-2-6-10-18/h1-13H,14-16H2,(H,25,27). The van der Waals surface area contributed by atoms with Crippen LogP contribution in [0.25, 0.3) is 0 Å². The van der Waals surface area contributed by atoms with E-state index < -0.39 is 17.5 Å². The fourth-order valence-electron chi connectivity index (χ4n) is 2.84. The highest BCUT2D eigenvalue weighted by Crippen LogP contribution is 2.16. The Morgan fingerprint density at radius 2 is 1.37 bits per heavy atom. The Kier molecular flexibility index (Phi) is 6.28. The summed E-state index contributed by atoms with van der Waals surface area (Å²) in [4.78, 5) is 14.4.